The van der Waals surface area contributed by atoms with Gasteiger partial charge in [0.15, 0.2) is 0 Å². The Morgan fingerprint density at radius 1 is 1.27 bits per heavy atom. The maximum absolute atomic E-state index is 5.92. The van der Waals surface area contributed by atoms with Gasteiger partial charge in [0.2, 0.25) is 0 Å². The maximum atomic E-state index is 5.92. The quantitative estimate of drug-likeness (QED) is 0.632. The second-order valence-corrected chi connectivity index (χ2v) is 5.36. The average molecular weight is 210 g/mol. The molecule has 1 aliphatic carbocycles. The van der Waals surface area contributed by atoms with Gasteiger partial charge in [-0.1, -0.05) is 0 Å². The zero-order valence-electron chi connectivity index (χ0n) is 8.95. The van der Waals surface area contributed by atoms with E-state index in [4.69, 9.17) is 9.47 Å². The van der Waals surface area contributed by atoms with Crippen molar-refractivity contribution >= 4 is 0 Å². The zero-order chi connectivity index (χ0) is 9.88. The third kappa shape index (κ3) is 1.22. The fourth-order valence-electron chi connectivity index (χ4n) is 3.45. The summed E-state index contributed by atoms with van der Waals surface area (Å²) in [5, 5.41) is 3.48. The summed E-state index contributed by atoms with van der Waals surface area (Å²) in [5.41, 5.74) is 0.531. The number of piperidine rings is 1. The molecule has 0 spiro atoms. The van der Waals surface area contributed by atoms with Gasteiger partial charge in [0.1, 0.15) is 12.3 Å². The highest BCUT2D eigenvalue weighted by atomic mass is 16.6. The van der Waals surface area contributed by atoms with E-state index >= 15 is 0 Å². The van der Waals surface area contributed by atoms with Gasteiger partial charge in [-0.25, -0.2) is 0 Å². The van der Waals surface area contributed by atoms with Crippen LogP contribution in [0.15, 0.2) is 0 Å². The molecule has 4 atom stereocenters. The van der Waals surface area contributed by atoms with Gasteiger partial charge < -0.3 is 14.8 Å². The summed E-state index contributed by atoms with van der Waals surface area (Å²) < 4.78 is 11.3. The molecule has 0 aromatic rings. The Morgan fingerprint density at radius 2 is 2.13 bits per heavy atom. The van der Waals surface area contributed by atoms with Gasteiger partial charge in [0.25, 0.3) is 0 Å². The fourth-order valence-corrected chi connectivity index (χ4v) is 3.45. The number of morpholine rings is 1. The molecule has 4 fully saturated rings. The van der Waals surface area contributed by atoms with Gasteiger partial charge in [-0.05, 0) is 18.9 Å². The van der Waals surface area contributed by atoms with E-state index < -0.39 is 0 Å². The van der Waals surface area contributed by atoms with Crippen LogP contribution in [0.2, 0.25) is 0 Å². The molecule has 4 nitrogen and oxygen atoms in total. The highest BCUT2D eigenvalue weighted by Gasteiger charge is 2.70. The number of ether oxygens (including phenoxy) is 2. The van der Waals surface area contributed by atoms with Crippen LogP contribution >= 0.6 is 0 Å². The van der Waals surface area contributed by atoms with Crippen molar-refractivity contribution in [3.63, 3.8) is 0 Å². The van der Waals surface area contributed by atoms with Gasteiger partial charge >= 0.3 is 0 Å². The van der Waals surface area contributed by atoms with Crippen LogP contribution in [-0.2, 0) is 9.47 Å². The second-order valence-electron chi connectivity index (χ2n) is 5.36. The summed E-state index contributed by atoms with van der Waals surface area (Å²) >= 11 is 0. The molecular weight excluding hydrogens is 192 g/mol. The highest BCUT2D eigenvalue weighted by Crippen LogP contribution is 2.63. The van der Waals surface area contributed by atoms with Crippen molar-refractivity contribution in [2.24, 2.45) is 11.3 Å². The van der Waals surface area contributed by atoms with Gasteiger partial charge in [-0.15, -0.1) is 0 Å². The minimum absolute atomic E-state index is 0.416. The molecule has 3 heterocycles. The molecule has 15 heavy (non-hydrogen) atoms. The normalized spacial score (nSPS) is 54.0. The minimum Gasteiger partial charge on any atom is -0.379 e. The van der Waals surface area contributed by atoms with Crippen molar-refractivity contribution in [3.05, 3.63) is 0 Å². The number of rotatable bonds is 2. The Bertz CT molecular complexity index is 280. The molecule has 4 rings (SSSR count). The number of hydrogen-bond acceptors (Lipinski definition) is 4. The second kappa shape index (κ2) is 2.94. The van der Waals surface area contributed by atoms with E-state index in [0.717, 1.165) is 32.2 Å². The van der Waals surface area contributed by atoms with Gasteiger partial charge in [0.05, 0.1) is 13.2 Å². The third-order valence-corrected chi connectivity index (χ3v) is 4.56. The summed E-state index contributed by atoms with van der Waals surface area (Å²) in [4.78, 5) is 2.45. The molecule has 1 saturated carbocycles. The Balaban J connectivity index is 1.42. The van der Waals surface area contributed by atoms with E-state index in [1.807, 2.05) is 0 Å². The van der Waals surface area contributed by atoms with Crippen LogP contribution in [0, 0.1) is 11.3 Å². The van der Waals surface area contributed by atoms with Gasteiger partial charge in [-0.2, -0.15) is 0 Å². The van der Waals surface area contributed by atoms with Crippen molar-refractivity contribution in [1.82, 2.24) is 10.2 Å². The lowest BCUT2D eigenvalue weighted by Crippen LogP contribution is -2.40. The van der Waals surface area contributed by atoms with Crippen molar-refractivity contribution in [2.75, 3.05) is 39.4 Å². The Morgan fingerprint density at radius 3 is 2.80 bits per heavy atom. The Kier molecular flexibility index (Phi) is 1.75. The van der Waals surface area contributed by atoms with Crippen LogP contribution in [0.3, 0.4) is 0 Å². The molecule has 4 aliphatic rings. The van der Waals surface area contributed by atoms with Crippen molar-refractivity contribution in [2.45, 2.75) is 18.8 Å². The third-order valence-electron chi connectivity index (χ3n) is 4.56. The number of hydrogen-bond donors (Lipinski definition) is 1. The predicted molar refractivity (Wildman–Crippen MR) is 54.5 cm³/mol. The number of epoxide rings is 1. The smallest absolute Gasteiger partial charge is 0.138 e. The van der Waals surface area contributed by atoms with Crippen molar-refractivity contribution in [1.29, 1.82) is 0 Å². The molecule has 84 valence electrons. The predicted octanol–water partition coefficient (Wildman–Crippen LogP) is -0.347. The lowest BCUT2D eigenvalue weighted by Gasteiger charge is -2.25. The summed E-state index contributed by atoms with van der Waals surface area (Å²) in [6, 6.07) is 0. The zero-order valence-corrected chi connectivity index (χ0v) is 8.95. The molecule has 4 heteroatoms. The number of fused-ring (bicyclic) bond motifs is 1. The number of nitrogens with one attached hydrogen (secondary N) is 1. The van der Waals surface area contributed by atoms with E-state index in [1.54, 1.807) is 0 Å². The van der Waals surface area contributed by atoms with E-state index in [0.29, 0.717) is 17.7 Å². The number of nitrogens with zero attached hydrogens (tertiary/aromatic N) is 1. The van der Waals surface area contributed by atoms with Crippen molar-refractivity contribution < 1.29 is 9.47 Å². The first-order valence-corrected chi connectivity index (χ1v) is 6.08. The lowest BCUT2D eigenvalue weighted by atomic mass is 10.0. The van der Waals surface area contributed by atoms with Crippen LogP contribution < -0.4 is 5.32 Å². The molecule has 0 aromatic carbocycles. The molecule has 3 aliphatic heterocycles. The van der Waals surface area contributed by atoms with Gasteiger partial charge in [0, 0.05) is 25.0 Å². The van der Waals surface area contributed by atoms with Crippen LogP contribution in [0.4, 0.5) is 0 Å². The first-order chi connectivity index (χ1) is 7.40. The van der Waals surface area contributed by atoms with Gasteiger partial charge in [-0.3, -0.25) is 4.90 Å². The van der Waals surface area contributed by atoms with E-state index in [9.17, 15) is 0 Å². The summed E-state index contributed by atoms with van der Waals surface area (Å²) in [5.74, 6) is 0.911. The van der Waals surface area contributed by atoms with Crippen LogP contribution in [-0.4, -0.2) is 56.6 Å². The van der Waals surface area contributed by atoms with Crippen LogP contribution in [0.1, 0.15) is 6.42 Å². The summed E-state index contributed by atoms with van der Waals surface area (Å²) in [6.45, 7) is 6.26. The van der Waals surface area contributed by atoms with E-state index in [2.05, 4.69) is 10.2 Å². The Labute approximate surface area is 89.9 Å². The minimum atomic E-state index is 0.416. The molecule has 0 amide bonds. The van der Waals surface area contributed by atoms with Crippen molar-refractivity contribution in [3.8, 4) is 0 Å². The largest absolute Gasteiger partial charge is 0.379 e. The standard InChI is InChI=1S/C11H18N2O2/c1-3-14-4-2-13(1)10-9(15-10)11-5-8(11)6-12-7-11/h8-10,12H,1-7H2/t8-,9?,10?,11-/m1/s1. The maximum Gasteiger partial charge on any atom is 0.138 e. The Hall–Kier alpha value is -0.160. The molecule has 2 unspecified atom stereocenters. The summed E-state index contributed by atoms with van der Waals surface area (Å²) in [6.07, 6.45) is 2.33. The molecule has 0 bridgehead atoms. The monoisotopic (exact) mass is 210 g/mol. The first-order valence-electron chi connectivity index (χ1n) is 6.08. The van der Waals surface area contributed by atoms with E-state index in [-0.39, 0.29) is 0 Å². The molecule has 0 radical (unpaired) electrons. The first kappa shape index (κ1) is 8.93. The molecular formula is C11H18N2O2. The highest BCUT2D eigenvalue weighted by molar-refractivity contribution is 5.18. The average Bonchev–Trinajstić information content (AvgIpc) is 3.19. The lowest BCUT2D eigenvalue weighted by molar-refractivity contribution is 0.0161. The molecule has 1 N–H and O–H groups in total. The molecule has 0 aromatic heterocycles. The topological polar surface area (TPSA) is 37.0 Å². The van der Waals surface area contributed by atoms with E-state index in [1.165, 1.54) is 19.5 Å². The van der Waals surface area contributed by atoms with Crippen LogP contribution in [0.5, 0.6) is 0 Å². The molecule has 3 saturated heterocycles. The fraction of sp³-hybridized carbons (Fsp3) is 1.00. The summed E-state index contributed by atoms with van der Waals surface area (Å²) in [7, 11) is 0. The SMILES string of the molecule is C1CN(C2OC2[C@]23CNC[C@H]2C3)CCO1. The van der Waals surface area contributed by atoms with Crippen LogP contribution in [0.25, 0.3) is 0 Å².